The highest BCUT2D eigenvalue weighted by molar-refractivity contribution is 5.84. The van der Waals surface area contributed by atoms with Crippen LogP contribution < -0.4 is 10.6 Å². The summed E-state index contributed by atoms with van der Waals surface area (Å²) in [5.74, 6) is -1.24. The fourth-order valence-corrected chi connectivity index (χ4v) is 1.51. The quantitative estimate of drug-likeness (QED) is 0.818. The lowest BCUT2D eigenvalue weighted by molar-refractivity contribution is -0.137. The van der Waals surface area contributed by atoms with E-state index in [0.29, 0.717) is 18.7 Å². The SMILES string of the molecule is CCCNC(=O)C(C)Nc1cc(C(F)(F)F)ccc1F. The van der Waals surface area contributed by atoms with Crippen molar-refractivity contribution in [3.05, 3.63) is 29.6 Å². The number of halogens is 4. The van der Waals surface area contributed by atoms with E-state index in [9.17, 15) is 22.4 Å². The number of hydrogen-bond donors (Lipinski definition) is 2. The molecule has 0 aliphatic carbocycles. The molecular weight excluding hydrogens is 276 g/mol. The first-order valence-electron chi connectivity index (χ1n) is 6.16. The van der Waals surface area contributed by atoms with E-state index in [0.717, 1.165) is 12.5 Å². The van der Waals surface area contributed by atoms with Crippen molar-refractivity contribution in [3.8, 4) is 0 Å². The molecule has 1 rings (SSSR count). The number of alkyl halides is 3. The Balaban J connectivity index is 2.83. The molecule has 112 valence electrons. The van der Waals surface area contributed by atoms with E-state index in [1.807, 2.05) is 6.92 Å². The third-order valence-corrected chi connectivity index (χ3v) is 2.61. The molecule has 7 heteroatoms. The summed E-state index contributed by atoms with van der Waals surface area (Å²) in [6, 6.07) is 1.20. The summed E-state index contributed by atoms with van der Waals surface area (Å²) in [4.78, 5) is 11.6. The van der Waals surface area contributed by atoms with Crippen molar-refractivity contribution in [1.82, 2.24) is 5.32 Å². The zero-order chi connectivity index (χ0) is 15.3. The Labute approximate surface area is 114 Å². The molecule has 0 aromatic heterocycles. The van der Waals surface area contributed by atoms with Gasteiger partial charge in [0.25, 0.3) is 0 Å². The predicted octanol–water partition coefficient (Wildman–Crippen LogP) is 3.17. The minimum Gasteiger partial charge on any atom is -0.372 e. The van der Waals surface area contributed by atoms with Crippen LogP contribution in [0, 0.1) is 5.82 Å². The Kier molecular flexibility index (Phi) is 5.35. The average molecular weight is 292 g/mol. The normalized spacial score (nSPS) is 12.9. The van der Waals surface area contributed by atoms with Crippen LogP contribution in [0.5, 0.6) is 0 Å². The van der Waals surface area contributed by atoms with Gasteiger partial charge in [0.1, 0.15) is 11.9 Å². The van der Waals surface area contributed by atoms with Crippen LogP contribution in [-0.4, -0.2) is 18.5 Å². The monoisotopic (exact) mass is 292 g/mol. The van der Waals surface area contributed by atoms with Gasteiger partial charge < -0.3 is 10.6 Å². The molecule has 0 spiro atoms. The van der Waals surface area contributed by atoms with Crippen molar-refractivity contribution in [3.63, 3.8) is 0 Å². The van der Waals surface area contributed by atoms with Gasteiger partial charge in [-0.3, -0.25) is 4.79 Å². The molecule has 0 saturated carbocycles. The molecule has 1 aromatic carbocycles. The van der Waals surface area contributed by atoms with E-state index in [2.05, 4.69) is 10.6 Å². The number of anilines is 1. The smallest absolute Gasteiger partial charge is 0.372 e. The summed E-state index contributed by atoms with van der Waals surface area (Å²) < 4.78 is 51.1. The first-order valence-corrected chi connectivity index (χ1v) is 6.16. The topological polar surface area (TPSA) is 41.1 Å². The molecule has 0 bridgehead atoms. The molecule has 1 aromatic rings. The maximum atomic E-state index is 13.5. The van der Waals surface area contributed by atoms with Crippen LogP contribution in [-0.2, 0) is 11.0 Å². The first kappa shape index (κ1) is 16.3. The standard InChI is InChI=1S/C13H16F4N2O/c1-3-6-18-12(20)8(2)19-11-7-9(13(15,16)17)4-5-10(11)14/h4-5,7-8,19H,3,6H2,1-2H3,(H,18,20). The molecular formula is C13H16F4N2O. The summed E-state index contributed by atoms with van der Waals surface area (Å²) in [5, 5.41) is 5.01. The highest BCUT2D eigenvalue weighted by Crippen LogP contribution is 2.31. The van der Waals surface area contributed by atoms with Gasteiger partial charge in [0, 0.05) is 6.54 Å². The van der Waals surface area contributed by atoms with Gasteiger partial charge in [0.2, 0.25) is 5.91 Å². The fraction of sp³-hybridized carbons (Fsp3) is 0.462. The predicted molar refractivity (Wildman–Crippen MR) is 67.8 cm³/mol. The van der Waals surface area contributed by atoms with Gasteiger partial charge in [-0.2, -0.15) is 13.2 Å². The number of carbonyl (C=O) groups excluding carboxylic acids is 1. The molecule has 1 unspecified atom stereocenters. The Morgan fingerprint density at radius 3 is 2.55 bits per heavy atom. The van der Waals surface area contributed by atoms with E-state index in [4.69, 9.17) is 0 Å². The van der Waals surface area contributed by atoms with Crippen molar-refractivity contribution in [2.24, 2.45) is 0 Å². The molecule has 0 fully saturated rings. The molecule has 1 atom stereocenters. The minimum atomic E-state index is -4.56. The Hall–Kier alpha value is -1.79. The lowest BCUT2D eigenvalue weighted by Gasteiger charge is -2.17. The van der Waals surface area contributed by atoms with Crippen molar-refractivity contribution < 1.29 is 22.4 Å². The van der Waals surface area contributed by atoms with E-state index < -0.39 is 29.5 Å². The van der Waals surface area contributed by atoms with Crippen LogP contribution in [0.2, 0.25) is 0 Å². The summed E-state index contributed by atoms with van der Waals surface area (Å²) in [5.41, 5.74) is -1.32. The van der Waals surface area contributed by atoms with Gasteiger partial charge in [0.05, 0.1) is 11.3 Å². The second kappa shape index (κ2) is 6.58. The maximum Gasteiger partial charge on any atom is 0.416 e. The Morgan fingerprint density at radius 2 is 2.00 bits per heavy atom. The van der Waals surface area contributed by atoms with Crippen LogP contribution >= 0.6 is 0 Å². The number of nitrogens with one attached hydrogen (secondary N) is 2. The van der Waals surface area contributed by atoms with Gasteiger partial charge in [-0.05, 0) is 31.5 Å². The summed E-state index contributed by atoms with van der Waals surface area (Å²) in [7, 11) is 0. The van der Waals surface area contributed by atoms with Gasteiger partial charge in [-0.25, -0.2) is 4.39 Å². The van der Waals surface area contributed by atoms with Crippen LogP contribution in [0.25, 0.3) is 0 Å². The summed E-state index contributed by atoms with van der Waals surface area (Å²) in [6.07, 6.45) is -3.83. The molecule has 0 saturated heterocycles. The third kappa shape index (κ3) is 4.40. The van der Waals surface area contributed by atoms with Gasteiger partial charge >= 0.3 is 6.18 Å². The molecule has 0 aliphatic rings. The second-order valence-corrected chi connectivity index (χ2v) is 4.35. The Bertz CT molecular complexity index is 474. The second-order valence-electron chi connectivity index (χ2n) is 4.35. The molecule has 0 radical (unpaired) electrons. The molecule has 1 amide bonds. The summed E-state index contributed by atoms with van der Waals surface area (Å²) >= 11 is 0. The van der Waals surface area contributed by atoms with Crippen molar-refractivity contribution in [1.29, 1.82) is 0 Å². The van der Waals surface area contributed by atoms with Crippen LogP contribution in [0.1, 0.15) is 25.8 Å². The van der Waals surface area contributed by atoms with Gasteiger partial charge in [-0.1, -0.05) is 6.92 Å². The largest absolute Gasteiger partial charge is 0.416 e. The molecule has 20 heavy (non-hydrogen) atoms. The maximum absolute atomic E-state index is 13.5. The highest BCUT2D eigenvalue weighted by atomic mass is 19.4. The van der Waals surface area contributed by atoms with E-state index in [-0.39, 0.29) is 5.69 Å². The first-order chi connectivity index (χ1) is 9.25. The highest BCUT2D eigenvalue weighted by Gasteiger charge is 2.31. The number of benzene rings is 1. The number of carbonyl (C=O) groups is 1. The van der Waals surface area contributed by atoms with E-state index >= 15 is 0 Å². The lowest BCUT2D eigenvalue weighted by Crippen LogP contribution is -2.38. The third-order valence-electron chi connectivity index (χ3n) is 2.61. The number of amides is 1. The molecule has 0 aliphatic heterocycles. The fourth-order valence-electron chi connectivity index (χ4n) is 1.51. The van der Waals surface area contributed by atoms with Gasteiger partial charge in [0.15, 0.2) is 0 Å². The van der Waals surface area contributed by atoms with E-state index in [1.54, 1.807) is 0 Å². The van der Waals surface area contributed by atoms with Gasteiger partial charge in [-0.15, -0.1) is 0 Å². The lowest BCUT2D eigenvalue weighted by atomic mass is 10.1. The van der Waals surface area contributed by atoms with Crippen LogP contribution in [0.4, 0.5) is 23.2 Å². The summed E-state index contributed by atoms with van der Waals surface area (Å²) in [6.45, 7) is 3.77. The number of rotatable bonds is 5. The van der Waals surface area contributed by atoms with Crippen molar-refractivity contribution >= 4 is 11.6 Å². The van der Waals surface area contributed by atoms with E-state index in [1.165, 1.54) is 6.92 Å². The minimum absolute atomic E-state index is 0.348. The zero-order valence-electron chi connectivity index (χ0n) is 11.1. The van der Waals surface area contributed by atoms with Crippen molar-refractivity contribution in [2.75, 3.05) is 11.9 Å². The van der Waals surface area contributed by atoms with Crippen molar-refractivity contribution in [2.45, 2.75) is 32.5 Å². The zero-order valence-corrected chi connectivity index (χ0v) is 11.1. The van der Waals surface area contributed by atoms with Crippen LogP contribution in [0.15, 0.2) is 18.2 Å². The van der Waals surface area contributed by atoms with Crippen LogP contribution in [0.3, 0.4) is 0 Å². The molecule has 2 N–H and O–H groups in total. The number of hydrogen-bond acceptors (Lipinski definition) is 2. The molecule has 0 heterocycles. The Morgan fingerprint density at radius 1 is 1.35 bits per heavy atom. The molecule has 3 nitrogen and oxygen atoms in total. The average Bonchev–Trinajstić information content (AvgIpc) is 2.37.